The van der Waals surface area contributed by atoms with Gasteiger partial charge in [-0.1, -0.05) is 44.9 Å². The summed E-state index contributed by atoms with van der Waals surface area (Å²) in [6, 6.07) is 6.76. The highest BCUT2D eigenvalue weighted by atomic mass is 35.5. The minimum atomic E-state index is 0.423. The van der Waals surface area contributed by atoms with Crippen LogP contribution in [-0.4, -0.2) is 6.54 Å². The number of benzene rings is 1. The fraction of sp³-hybridized carbons (Fsp3) is 0.600. The first-order valence-corrected chi connectivity index (χ1v) is 6.95. The Morgan fingerprint density at radius 3 is 2.47 bits per heavy atom. The van der Waals surface area contributed by atoms with Crippen LogP contribution in [0.2, 0.25) is 5.02 Å². The van der Waals surface area contributed by atoms with Gasteiger partial charge >= 0.3 is 0 Å². The van der Waals surface area contributed by atoms with Crippen molar-refractivity contribution in [2.24, 2.45) is 5.92 Å². The van der Waals surface area contributed by atoms with Gasteiger partial charge in [0.25, 0.3) is 0 Å². The summed E-state index contributed by atoms with van der Waals surface area (Å²) >= 11 is 6.14. The van der Waals surface area contributed by atoms with E-state index in [1.54, 1.807) is 0 Å². The fourth-order valence-electron chi connectivity index (χ4n) is 2.12. The monoisotopic (exact) mass is 253 g/mol. The lowest BCUT2D eigenvalue weighted by Gasteiger charge is -2.22. The Morgan fingerprint density at radius 2 is 1.94 bits per heavy atom. The quantitative estimate of drug-likeness (QED) is 0.773. The lowest BCUT2D eigenvalue weighted by molar-refractivity contribution is 0.408. The molecule has 2 heteroatoms. The van der Waals surface area contributed by atoms with Crippen LogP contribution in [0.3, 0.4) is 0 Å². The average Bonchev–Trinajstić information content (AvgIpc) is 2.27. The zero-order chi connectivity index (χ0) is 12.8. The number of nitrogens with one attached hydrogen (secondary N) is 1. The van der Waals surface area contributed by atoms with E-state index in [9.17, 15) is 0 Å². The molecule has 0 spiro atoms. The van der Waals surface area contributed by atoms with Crippen LogP contribution in [0.25, 0.3) is 0 Å². The third kappa shape index (κ3) is 4.69. The van der Waals surface area contributed by atoms with Crippen molar-refractivity contribution in [1.82, 2.24) is 5.32 Å². The van der Waals surface area contributed by atoms with Gasteiger partial charge in [-0.3, -0.25) is 0 Å². The van der Waals surface area contributed by atoms with Crippen LogP contribution in [0.1, 0.15) is 50.8 Å². The third-order valence-electron chi connectivity index (χ3n) is 3.25. The minimum Gasteiger partial charge on any atom is -0.310 e. The molecule has 1 aromatic rings. The first kappa shape index (κ1) is 14.5. The average molecular weight is 254 g/mol. The van der Waals surface area contributed by atoms with Crippen LogP contribution in [0, 0.1) is 12.8 Å². The van der Waals surface area contributed by atoms with Crippen LogP contribution >= 0.6 is 11.6 Å². The second kappa shape index (κ2) is 7.03. The van der Waals surface area contributed by atoms with Crippen molar-refractivity contribution >= 4 is 11.6 Å². The third-order valence-corrected chi connectivity index (χ3v) is 3.47. The highest BCUT2D eigenvalue weighted by Crippen LogP contribution is 2.26. The van der Waals surface area contributed by atoms with Crippen molar-refractivity contribution in [2.45, 2.75) is 46.6 Å². The smallest absolute Gasteiger partial charge is 0.0411 e. The fourth-order valence-corrected chi connectivity index (χ4v) is 2.42. The number of rotatable bonds is 6. The highest BCUT2D eigenvalue weighted by molar-refractivity contribution is 6.30. The molecule has 1 rings (SSSR count). The molecule has 96 valence electrons. The topological polar surface area (TPSA) is 12.0 Å². The molecule has 0 fully saturated rings. The zero-order valence-electron chi connectivity index (χ0n) is 11.4. The molecule has 0 aliphatic carbocycles. The molecule has 1 N–H and O–H groups in total. The summed E-state index contributed by atoms with van der Waals surface area (Å²) in [6.07, 6.45) is 2.39. The van der Waals surface area contributed by atoms with Gasteiger partial charge in [-0.05, 0) is 49.1 Å². The number of halogens is 1. The molecule has 0 saturated heterocycles. The maximum atomic E-state index is 6.14. The first-order valence-electron chi connectivity index (χ1n) is 6.57. The highest BCUT2D eigenvalue weighted by Gasteiger charge is 2.14. The summed E-state index contributed by atoms with van der Waals surface area (Å²) in [5, 5.41) is 4.40. The van der Waals surface area contributed by atoms with E-state index in [2.05, 4.69) is 45.1 Å². The Hall–Kier alpha value is -0.530. The summed E-state index contributed by atoms with van der Waals surface area (Å²) in [5.74, 6) is 0.735. The van der Waals surface area contributed by atoms with Crippen molar-refractivity contribution in [2.75, 3.05) is 6.54 Å². The van der Waals surface area contributed by atoms with Gasteiger partial charge in [-0.15, -0.1) is 0 Å². The molecule has 0 aliphatic rings. The van der Waals surface area contributed by atoms with E-state index in [1.165, 1.54) is 24.0 Å². The van der Waals surface area contributed by atoms with Crippen molar-refractivity contribution in [3.8, 4) is 0 Å². The molecule has 0 aliphatic heterocycles. The van der Waals surface area contributed by atoms with E-state index in [0.29, 0.717) is 6.04 Å². The molecule has 0 radical (unpaired) electrons. The van der Waals surface area contributed by atoms with Gasteiger partial charge in [0.1, 0.15) is 0 Å². The predicted molar refractivity (Wildman–Crippen MR) is 76.7 cm³/mol. The van der Waals surface area contributed by atoms with Crippen molar-refractivity contribution in [1.29, 1.82) is 0 Å². The van der Waals surface area contributed by atoms with E-state index >= 15 is 0 Å². The van der Waals surface area contributed by atoms with Crippen molar-refractivity contribution in [3.05, 3.63) is 34.3 Å². The number of aryl methyl sites for hydroxylation is 1. The maximum absolute atomic E-state index is 6.14. The second-order valence-corrected chi connectivity index (χ2v) is 5.36. The molecule has 0 aromatic heterocycles. The largest absolute Gasteiger partial charge is 0.310 e. The second-order valence-electron chi connectivity index (χ2n) is 4.92. The summed E-state index contributed by atoms with van der Waals surface area (Å²) in [7, 11) is 0. The van der Waals surface area contributed by atoms with E-state index in [1.807, 2.05) is 6.07 Å². The first-order chi connectivity index (χ1) is 8.06. The Kier molecular flexibility index (Phi) is 6.01. The summed E-state index contributed by atoms with van der Waals surface area (Å²) in [6.45, 7) is 9.80. The van der Waals surface area contributed by atoms with Gasteiger partial charge in [0.2, 0.25) is 0 Å². The van der Waals surface area contributed by atoms with Gasteiger partial charge < -0.3 is 5.32 Å². The Balaban J connectivity index is 2.88. The van der Waals surface area contributed by atoms with E-state index in [-0.39, 0.29) is 0 Å². The summed E-state index contributed by atoms with van der Waals surface area (Å²) < 4.78 is 0. The van der Waals surface area contributed by atoms with Crippen LogP contribution in [0.5, 0.6) is 0 Å². The molecule has 0 amide bonds. The normalized spacial score (nSPS) is 14.6. The van der Waals surface area contributed by atoms with Gasteiger partial charge in [-0.25, -0.2) is 0 Å². The molecule has 2 unspecified atom stereocenters. The van der Waals surface area contributed by atoms with E-state index < -0.39 is 0 Å². The SMILES string of the molecule is CCNC(CC(C)CC)c1cc(C)cc(Cl)c1. The Labute approximate surface area is 111 Å². The van der Waals surface area contributed by atoms with Gasteiger partial charge in [-0.2, -0.15) is 0 Å². The van der Waals surface area contributed by atoms with Crippen LogP contribution in [0.15, 0.2) is 18.2 Å². The predicted octanol–water partition coefficient (Wildman–Crippen LogP) is 4.74. The Morgan fingerprint density at radius 1 is 1.24 bits per heavy atom. The minimum absolute atomic E-state index is 0.423. The molecular formula is C15H24ClN. The number of hydrogen-bond acceptors (Lipinski definition) is 1. The molecule has 1 aromatic carbocycles. The molecule has 0 saturated carbocycles. The van der Waals surface area contributed by atoms with Gasteiger partial charge in [0.05, 0.1) is 0 Å². The lowest BCUT2D eigenvalue weighted by Crippen LogP contribution is -2.23. The maximum Gasteiger partial charge on any atom is 0.0411 e. The van der Waals surface area contributed by atoms with E-state index in [0.717, 1.165) is 17.5 Å². The van der Waals surface area contributed by atoms with Gasteiger partial charge in [0.15, 0.2) is 0 Å². The van der Waals surface area contributed by atoms with Crippen LogP contribution in [0.4, 0.5) is 0 Å². The lowest BCUT2D eigenvalue weighted by atomic mass is 9.93. The van der Waals surface area contributed by atoms with E-state index in [4.69, 9.17) is 11.6 Å². The van der Waals surface area contributed by atoms with Crippen LogP contribution < -0.4 is 5.32 Å². The summed E-state index contributed by atoms with van der Waals surface area (Å²) in [4.78, 5) is 0. The molecule has 17 heavy (non-hydrogen) atoms. The molecule has 0 heterocycles. The van der Waals surface area contributed by atoms with Crippen molar-refractivity contribution < 1.29 is 0 Å². The molecule has 1 nitrogen and oxygen atoms in total. The summed E-state index contributed by atoms with van der Waals surface area (Å²) in [5.41, 5.74) is 2.55. The molecule has 2 atom stereocenters. The molecule has 0 bridgehead atoms. The van der Waals surface area contributed by atoms with Gasteiger partial charge in [0, 0.05) is 11.1 Å². The zero-order valence-corrected chi connectivity index (χ0v) is 12.1. The van der Waals surface area contributed by atoms with Crippen LogP contribution in [-0.2, 0) is 0 Å². The molecular weight excluding hydrogens is 230 g/mol. The standard InChI is InChI=1S/C15H24ClN/c1-5-11(3)9-15(17-6-2)13-7-12(4)8-14(16)10-13/h7-8,10-11,15,17H,5-6,9H2,1-4H3. The Bertz CT molecular complexity index is 329. The number of hydrogen-bond donors (Lipinski definition) is 1. The van der Waals surface area contributed by atoms with Crippen molar-refractivity contribution in [3.63, 3.8) is 0 Å².